The first-order chi connectivity index (χ1) is 16.0. The standard InChI is InChI=1S/C20H20F6N6O2/c21-19(22,23)11-34-18-29-16(27-14-3-1-2-13(10-14)20(24,25)26)28-17(30-18)32-8-6-31(7-9-32)15(33)12-4-5-12/h1-3,10,12H,4-9,11H2,(H,27,28,29,30). The van der Waals surface area contributed by atoms with Crippen LogP contribution < -0.4 is 15.0 Å². The summed E-state index contributed by atoms with van der Waals surface area (Å²) in [6.07, 6.45) is -7.48. The predicted molar refractivity (Wildman–Crippen MR) is 108 cm³/mol. The predicted octanol–water partition coefficient (Wildman–Crippen LogP) is 3.63. The summed E-state index contributed by atoms with van der Waals surface area (Å²) >= 11 is 0. The molecule has 1 aliphatic carbocycles. The lowest BCUT2D eigenvalue weighted by Gasteiger charge is -2.35. The van der Waals surface area contributed by atoms with Crippen molar-refractivity contribution in [1.29, 1.82) is 0 Å². The molecule has 0 atom stereocenters. The minimum Gasteiger partial charge on any atom is -0.454 e. The average Bonchev–Trinajstić information content (AvgIpc) is 3.62. The van der Waals surface area contributed by atoms with Gasteiger partial charge in [0.15, 0.2) is 6.61 Å². The lowest BCUT2D eigenvalue weighted by atomic mass is 10.2. The van der Waals surface area contributed by atoms with Gasteiger partial charge in [-0.05, 0) is 31.0 Å². The maximum Gasteiger partial charge on any atom is 0.422 e. The molecule has 0 spiro atoms. The second-order valence-corrected chi connectivity index (χ2v) is 7.94. The van der Waals surface area contributed by atoms with E-state index in [1.807, 2.05) is 0 Å². The molecule has 8 nitrogen and oxygen atoms in total. The number of nitrogens with one attached hydrogen (secondary N) is 1. The maximum absolute atomic E-state index is 13.0. The van der Waals surface area contributed by atoms with Gasteiger partial charge in [0.05, 0.1) is 5.56 Å². The maximum atomic E-state index is 13.0. The van der Waals surface area contributed by atoms with E-state index in [9.17, 15) is 31.1 Å². The van der Waals surface area contributed by atoms with E-state index in [1.165, 1.54) is 12.1 Å². The number of aromatic nitrogens is 3. The second-order valence-electron chi connectivity index (χ2n) is 7.94. The molecule has 184 valence electrons. The Morgan fingerprint density at radius 1 is 1.03 bits per heavy atom. The molecule has 0 radical (unpaired) electrons. The van der Waals surface area contributed by atoms with Crippen LogP contribution in [0.2, 0.25) is 0 Å². The van der Waals surface area contributed by atoms with Gasteiger partial charge in [-0.1, -0.05) is 6.07 Å². The highest BCUT2D eigenvalue weighted by atomic mass is 19.4. The minimum absolute atomic E-state index is 0.0137. The van der Waals surface area contributed by atoms with E-state index < -0.39 is 30.5 Å². The molecule has 0 unspecified atom stereocenters. The number of anilines is 3. The van der Waals surface area contributed by atoms with Gasteiger partial charge in [0.2, 0.25) is 17.8 Å². The number of hydrogen-bond donors (Lipinski definition) is 1. The first-order valence-corrected chi connectivity index (χ1v) is 10.4. The molecule has 14 heteroatoms. The fourth-order valence-corrected chi connectivity index (χ4v) is 3.37. The van der Waals surface area contributed by atoms with Gasteiger partial charge < -0.3 is 19.9 Å². The summed E-state index contributed by atoms with van der Waals surface area (Å²) in [7, 11) is 0. The SMILES string of the molecule is O=C(C1CC1)N1CCN(c2nc(Nc3cccc(C(F)(F)F)c3)nc(OCC(F)(F)F)n2)CC1. The highest BCUT2D eigenvalue weighted by Crippen LogP contribution is 2.32. The number of nitrogens with zero attached hydrogens (tertiary/aromatic N) is 5. The lowest BCUT2D eigenvalue weighted by Crippen LogP contribution is -2.49. The summed E-state index contributed by atoms with van der Waals surface area (Å²) in [5, 5.41) is 2.57. The van der Waals surface area contributed by atoms with Gasteiger partial charge in [-0.15, -0.1) is 0 Å². The van der Waals surface area contributed by atoms with Gasteiger partial charge in [-0.2, -0.15) is 41.3 Å². The Balaban J connectivity index is 1.54. The van der Waals surface area contributed by atoms with Gasteiger partial charge in [-0.25, -0.2) is 0 Å². The van der Waals surface area contributed by atoms with E-state index in [4.69, 9.17) is 0 Å². The van der Waals surface area contributed by atoms with Crippen molar-refractivity contribution < 1.29 is 35.9 Å². The lowest BCUT2D eigenvalue weighted by molar-refractivity contribution is -0.154. The van der Waals surface area contributed by atoms with Crippen LogP contribution in [-0.2, 0) is 11.0 Å². The zero-order chi connectivity index (χ0) is 24.5. The Morgan fingerprint density at radius 3 is 2.35 bits per heavy atom. The number of benzene rings is 1. The van der Waals surface area contributed by atoms with Gasteiger partial charge >= 0.3 is 18.4 Å². The number of amides is 1. The van der Waals surface area contributed by atoms with E-state index in [0.717, 1.165) is 25.0 Å². The fraction of sp³-hybridized carbons (Fsp3) is 0.500. The first kappa shape index (κ1) is 23.8. The van der Waals surface area contributed by atoms with E-state index in [-0.39, 0.29) is 29.4 Å². The summed E-state index contributed by atoms with van der Waals surface area (Å²) in [5.41, 5.74) is -0.939. The number of carbonyl (C=O) groups is 1. The molecular weight excluding hydrogens is 470 g/mol. The smallest absolute Gasteiger partial charge is 0.422 e. The molecule has 1 N–H and O–H groups in total. The molecule has 2 aliphatic rings. The van der Waals surface area contributed by atoms with E-state index in [2.05, 4.69) is 25.0 Å². The summed E-state index contributed by atoms with van der Waals surface area (Å²) in [6, 6.07) is 3.57. The Kier molecular flexibility index (Phi) is 6.41. The number of halogens is 6. The van der Waals surface area contributed by atoms with E-state index in [0.29, 0.717) is 26.2 Å². The van der Waals surface area contributed by atoms with Crippen molar-refractivity contribution in [3.63, 3.8) is 0 Å². The first-order valence-electron chi connectivity index (χ1n) is 10.4. The van der Waals surface area contributed by atoms with Crippen molar-refractivity contribution in [2.45, 2.75) is 25.2 Å². The molecule has 1 aromatic heterocycles. The molecule has 34 heavy (non-hydrogen) atoms. The molecule has 4 rings (SSSR count). The Morgan fingerprint density at radius 2 is 1.74 bits per heavy atom. The van der Waals surface area contributed by atoms with Crippen LogP contribution in [0.1, 0.15) is 18.4 Å². The average molecular weight is 490 g/mol. The van der Waals surface area contributed by atoms with Crippen LogP contribution in [0.5, 0.6) is 6.01 Å². The highest BCUT2D eigenvalue weighted by molar-refractivity contribution is 5.81. The molecule has 1 saturated carbocycles. The Hall–Kier alpha value is -3.32. The molecule has 1 amide bonds. The van der Waals surface area contributed by atoms with Crippen molar-refractivity contribution in [3.05, 3.63) is 29.8 Å². The van der Waals surface area contributed by atoms with E-state index >= 15 is 0 Å². The summed E-state index contributed by atoms with van der Waals surface area (Å²) in [6.45, 7) is -0.232. The quantitative estimate of drug-likeness (QED) is 0.620. The van der Waals surface area contributed by atoms with Crippen LogP contribution in [0, 0.1) is 5.92 Å². The van der Waals surface area contributed by atoms with Crippen molar-refractivity contribution in [2.75, 3.05) is 43.0 Å². The van der Waals surface area contributed by atoms with Gasteiger partial charge in [-0.3, -0.25) is 4.79 Å². The van der Waals surface area contributed by atoms with Crippen LogP contribution in [0.3, 0.4) is 0 Å². The van der Waals surface area contributed by atoms with Crippen LogP contribution in [0.4, 0.5) is 43.9 Å². The number of alkyl halides is 6. The third-order valence-corrected chi connectivity index (χ3v) is 5.21. The van der Waals surface area contributed by atoms with Crippen molar-refractivity contribution in [2.24, 2.45) is 5.92 Å². The van der Waals surface area contributed by atoms with Gasteiger partial charge in [0.25, 0.3) is 0 Å². The molecule has 1 saturated heterocycles. The van der Waals surface area contributed by atoms with Crippen molar-refractivity contribution in [3.8, 4) is 6.01 Å². The van der Waals surface area contributed by atoms with Gasteiger partial charge in [0, 0.05) is 37.8 Å². The summed E-state index contributed by atoms with van der Waals surface area (Å²) < 4.78 is 81.5. The highest BCUT2D eigenvalue weighted by Gasteiger charge is 2.35. The monoisotopic (exact) mass is 490 g/mol. The van der Waals surface area contributed by atoms with Crippen LogP contribution >= 0.6 is 0 Å². The normalized spacial score (nSPS) is 17.0. The number of ether oxygens (including phenoxy) is 1. The topological polar surface area (TPSA) is 83.5 Å². The number of piperazine rings is 1. The molecule has 2 aromatic rings. The number of hydrogen-bond acceptors (Lipinski definition) is 7. The van der Waals surface area contributed by atoms with Crippen LogP contribution in [-0.4, -0.2) is 64.7 Å². The zero-order valence-electron chi connectivity index (χ0n) is 17.7. The molecule has 2 heterocycles. The molecule has 1 aromatic carbocycles. The van der Waals surface area contributed by atoms with Gasteiger partial charge in [0.1, 0.15) is 0 Å². The fourth-order valence-electron chi connectivity index (χ4n) is 3.37. The molecular formula is C20H20F6N6O2. The molecule has 2 fully saturated rings. The summed E-state index contributed by atoms with van der Waals surface area (Å²) in [4.78, 5) is 27.5. The Bertz CT molecular complexity index is 1030. The zero-order valence-corrected chi connectivity index (χ0v) is 17.7. The van der Waals surface area contributed by atoms with Crippen LogP contribution in [0.15, 0.2) is 24.3 Å². The Labute approximate surface area is 189 Å². The largest absolute Gasteiger partial charge is 0.454 e. The minimum atomic E-state index is -4.64. The summed E-state index contributed by atoms with van der Waals surface area (Å²) in [5.74, 6) is -0.149. The third-order valence-electron chi connectivity index (χ3n) is 5.21. The molecule has 0 bridgehead atoms. The number of rotatable bonds is 6. The second kappa shape index (κ2) is 9.14. The third kappa shape index (κ3) is 6.17. The van der Waals surface area contributed by atoms with Crippen LogP contribution in [0.25, 0.3) is 0 Å². The van der Waals surface area contributed by atoms with Crippen molar-refractivity contribution >= 4 is 23.5 Å². The van der Waals surface area contributed by atoms with Crippen molar-refractivity contribution in [1.82, 2.24) is 19.9 Å². The van der Waals surface area contributed by atoms with E-state index in [1.54, 1.807) is 9.80 Å². The number of carbonyl (C=O) groups excluding carboxylic acids is 1. The molecule has 1 aliphatic heterocycles.